The molecular formula is C5H8N3+. The first-order chi connectivity index (χ1) is 3.79. The summed E-state index contributed by atoms with van der Waals surface area (Å²) in [5, 5.41) is 6.46. The third kappa shape index (κ3) is 0.932. The van der Waals surface area contributed by atoms with Gasteiger partial charge in [0.15, 0.2) is 0 Å². The number of nitrogens with zero attached hydrogens (tertiary/aromatic N) is 1. The average molecular weight is 110 g/mol. The van der Waals surface area contributed by atoms with Crippen LogP contribution in [-0.4, -0.2) is 5.10 Å². The lowest BCUT2D eigenvalue weighted by Gasteiger charge is -1.83. The van der Waals surface area contributed by atoms with Gasteiger partial charge >= 0.3 is 0 Å². The van der Waals surface area contributed by atoms with Crippen molar-refractivity contribution in [3.8, 4) is 0 Å². The Morgan fingerprint density at radius 1 is 1.62 bits per heavy atom. The van der Waals surface area contributed by atoms with Crippen molar-refractivity contribution in [2.75, 3.05) is 5.73 Å². The zero-order chi connectivity index (χ0) is 5.98. The summed E-state index contributed by atoms with van der Waals surface area (Å²) in [5.74, 6) is 0.593. The van der Waals surface area contributed by atoms with Crippen molar-refractivity contribution in [1.82, 2.24) is 5.10 Å². The van der Waals surface area contributed by atoms with Crippen molar-refractivity contribution in [1.29, 1.82) is 0 Å². The Labute approximate surface area is 47.5 Å². The number of anilines is 1. The molecule has 1 aromatic rings. The molecule has 0 radical (unpaired) electrons. The van der Waals surface area contributed by atoms with Crippen LogP contribution in [0.15, 0.2) is 12.1 Å². The maximum Gasteiger partial charge on any atom is 0.290 e. The van der Waals surface area contributed by atoms with Crippen LogP contribution in [0.4, 0.5) is 5.82 Å². The van der Waals surface area contributed by atoms with Crippen LogP contribution in [0.1, 0.15) is 5.69 Å². The summed E-state index contributed by atoms with van der Waals surface area (Å²) in [6, 6.07) is 3.63. The molecule has 3 heteroatoms. The summed E-state index contributed by atoms with van der Waals surface area (Å²) in [7, 11) is 0. The van der Waals surface area contributed by atoms with E-state index in [1.54, 1.807) is 6.07 Å². The van der Waals surface area contributed by atoms with E-state index in [1.807, 2.05) is 13.0 Å². The van der Waals surface area contributed by atoms with Gasteiger partial charge in [0.25, 0.3) is 5.82 Å². The Bertz CT molecular complexity index is 147. The fourth-order valence-electron chi connectivity index (χ4n) is 0.438. The van der Waals surface area contributed by atoms with Crippen molar-refractivity contribution in [2.24, 2.45) is 0 Å². The van der Waals surface area contributed by atoms with Gasteiger partial charge in [-0.25, -0.2) is 0 Å². The molecule has 1 heterocycles. The topological polar surface area (TPSA) is 53.0 Å². The first kappa shape index (κ1) is 5.03. The molecule has 0 amide bonds. The first-order valence-electron chi connectivity index (χ1n) is 2.40. The second-order valence-corrected chi connectivity index (χ2v) is 1.65. The standard InChI is InChI=1S/C5H7N3/c1-4-2-3-5(6)8-7-4/h2-3H,1H3,(H2,6,8)/p+1. The predicted octanol–water partition coefficient (Wildman–Crippen LogP) is -0.214. The van der Waals surface area contributed by atoms with Gasteiger partial charge in [0.2, 0.25) is 0 Å². The molecule has 1 aromatic heterocycles. The molecule has 0 saturated carbocycles. The van der Waals surface area contributed by atoms with Crippen molar-refractivity contribution in [2.45, 2.75) is 6.92 Å². The van der Waals surface area contributed by atoms with Gasteiger partial charge in [-0.15, -0.1) is 5.10 Å². The highest BCUT2D eigenvalue weighted by molar-refractivity contribution is 5.18. The molecule has 42 valence electrons. The van der Waals surface area contributed by atoms with Crippen LogP contribution in [0.5, 0.6) is 0 Å². The van der Waals surface area contributed by atoms with Crippen LogP contribution in [0.25, 0.3) is 0 Å². The molecule has 0 fully saturated rings. The minimum Gasteiger partial charge on any atom is -0.286 e. The molecule has 0 saturated heterocycles. The Hall–Kier alpha value is -1.12. The first-order valence-corrected chi connectivity index (χ1v) is 2.40. The third-order valence-electron chi connectivity index (χ3n) is 0.865. The van der Waals surface area contributed by atoms with E-state index in [0.29, 0.717) is 5.82 Å². The SMILES string of the molecule is Cc1ccc(N)[nH+]n1. The maximum absolute atomic E-state index is 5.31. The monoisotopic (exact) mass is 110 g/mol. The quantitative estimate of drug-likeness (QED) is 0.502. The molecule has 3 N–H and O–H groups in total. The molecule has 0 aliphatic heterocycles. The summed E-state index contributed by atoms with van der Waals surface area (Å²) in [5.41, 5.74) is 6.25. The van der Waals surface area contributed by atoms with Gasteiger partial charge < -0.3 is 0 Å². The highest BCUT2D eigenvalue weighted by Crippen LogP contribution is 1.88. The molecule has 0 bridgehead atoms. The summed E-state index contributed by atoms with van der Waals surface area (Å²) >= 11 is 0. The molecule has 8 heavy (non-hydrogen) atoms. The van der Waals surface area contributed by atoms with E-state index >= 15 is 0 Å². The summed E-state index contributed by atoms with van der Waals surface area (Å²) in [6.45, 7) is 1.90. The lowest BCUT2D eigenvalue weighted by Crippen LogP contribution is -2.14. The Balaban J connectivity index is 3.03. The van der Waals surface area contributed by atoms with Crippen LogP contribution in [0, 0.1) is 6.92 Å². The van der Waals surface area contributed by atoms with Crippen LogP contribution in [-0.2, 0) is 0 Å². The van der Waals surface area contributed by atoms with Gasteiger partial charge in [0.05, 0.1) is 5.69 Å². The van der Waals surface area contributed by atoms with E-state index in [9.17, 15) is 0 Å². The van der Waals surface area contributed by atoms with Crippen LogP contribution in [0.2, 0.25) is 0 Å². The second-order valence-electron chi connectivity index (χ2n) is 1.65. The van der Waals surface area contributed by atoms with Crippen LogP contribution >= 0.6 is 0 Å². The highest BCUT2D eigenvalue weighted by atomic mass is 15.1. The number of nitrogens with one attached hydrogen (secondary N) is 1. The number of aromatic amines is 1. The molecule has 0 unspecified atom stereocenters. The van der Waals surface area contributed by atoms with Crippen molar-refractivity contribution in [3.05, 3.63) is 17.8 Å². The zero-order valence-electron chi connectivity index (χ0n) is 4.68. The minimum atomic E-state index is 0.593. The number of nitrogen functional groups attached to an aromatic ring is 1. The fourth-order valence-corrected chi connectivity index (χ4v) is 0.438. The van der Waals surface area contributed by atoms with E-state index in [-0.39, 0.29) is 0 Å². The highest BCUT2D eigenvalue weighted by Gasteiger charge is 1.88. The van der Waals surface area contributed by atoms with E-state index in [4.69, 9.17) is 5.73 Å². The summed E-state index contributed by atoms with van der Waals surface area (Å²) in [6.07, 6.45) is 0. The number of aryl methyl sites for hydroxylation is 1. The van der Waals surface area contributed by atoms with Crippen LogP contribution in [0.3, 0.4) is 0 Å². The number of H-pyrrole nitrogens is 1. The Kier molecular flexibility index (Phi) is 1.12. The molecule has 0 atom stereocenters. The lowest BCUT2D eigenvalue weighted by atomic mass is 10.4. The largest absolute Gasteiger partial charge is 0.290 e. The van der Waals surface area contributed by atoms with Crippen molar-refractivity contribution < 1.29 is 5.10 Å². The normalized spacial score (nSPS) is 9.12. The third-order valence-corrected chi connectivity index (χ3v) is 0.865. The molecule has 0 aliphatic carbocycles. The lowest BCUT2D eigenvalue weighted by molar-refractivity contribution is -0.439. The second kappa shape index (κ2) is 1.78. The molecule has 0 spiro atoms. The number of rotatable bonds is 0. The number of hydrogen-bond acceptors (Lipinski definition) is 2. The smallest absolute Gasteiger partial charge is 0.286 e. The number of hydrogen-bond donors (Lipinski definition) is 1. The molecule has 1 rings (SSSR count). The number of aromatic nitrogens is 2. The van der Waals surface area contributed by atoms with Gasteiger partial charge in [-0.2, -0.15) is 0 Å². The van der Waals surface area contributed by atoms with Crippen molar-refractivity contribution in [3.63, 3.8) is 0 Å². The maximum atomic E-state index is 5.31. The van der Waals surface area contributed by atoms with E-state index in [0.717, 1.165) is 5.69 Å². The minimum absolute atomic E-state index is 0.593. The van der Waals surface area contributed by atoms with Gasteiger partial charge in [0, 0.05) is 6.07 Å². The van der Waals surface area contributed by atoms with Crippen LogP contribution < -0.4 is 10.8 Å². The summed E-state index contributed by atoms with van der Waals surface area (Å²) in [4.78, 5) is 0. The molecule has 0 aliphatic rings. The Morgan fingerprint density at radius 2 is 2.38 bits per heavy atom. The van der Waals surface area contributed by atoms with Gasteiger partial charge in [-0.3, -0.25) is 5.73 Å². The van der Waals surface area contributed by atoms with E-state index < -0.39 is 0 Å². The summed E-state index contributed by atoms with van der Waals surface area (Å²) < 4.78 is 0. The van der Waals surface area contributed by atoms with E-state index in [2.05, 4.69) is 10.2 Å². The number of nitrogens with two attached hydrogens (primary N) is 1. The predicted molar refractivity (Wildman–Crippen MR) is 29.9 cm³/mol. The molecule has 3 nitrogen and oxygen atoms in total. The van der Waals surface area contributed by atoms with Crippen molar-refractivity contribution >= 4 is 5.82 Å². The van der Waals surface area contributed by atoms with Gasteiger partial charge in [-0.1, -0.05) is 5.10 Å². The molecular weight excluding hydrogens is 102 g/mol. The Morgan fingerprint density at radius 3 is 2.75 bits per heavy atom. The van der Waals surface area contributed by atoms with Gasteiger partial charge in [0.1, 0.15) is 0 Å². The average Bonchev–Trinajstić information content (AvgIpc) is 1.77. The van der Waals surface area contributed by atoms with Gasteiger partial charge in [-0.05, 0) is 13.0 Å². The van der Waals surface area contributed by atoms with E-state index in [1.165, 1.54) is 0 Å². The fraction of sp³-hybridized carbons (Fsp3) is 0.200. The molecule has 0 aromatic carbocycles. The zero-order valence-corrected chi connectivity index (χ0v) is 4.68.